The molecule has 0 radical (unpaired) electrons. The maximum absolute atomic E-state index is 13.2. The molecule has 4 atom stereocenters. The van der Waals surface area contributed by atoms with Gasteiger partial charge in [0.05, 0.1) is 30.7 Å². The number of carbonyl (C=O) groups is 1. The molecule has 0 unspecified atom stereocenters. The quantitative estimate of drug-likeness (QED) is 0.0644. The van der Waals surface area contributed by atoms with Crippen molar-refractivity contribution in [3.05, 3.63) is 77.1 Å². The average molecular weight is 794 g/mol. The zero-order chi connectivity index (χ0) is 38.2. The topological polar surface area (TPSA) is 199 Å². The normalized spacial score (nSPS) is 17.5. The number of nitrogens with one attached hydrogen (secondary N) is 1. The Morgan fingerprint density at radius 2 is 1.81 bits per heavy atom. The third-order valence-corrected chi connectivity index (χ3v) is 12.2. The number of pyridine rings is 1. The van der Waals surface area contributed by atoms with E-state index in [1.807, 2.05) is 48.7 Å². The van der Waals surface area contributed by atoms with Gasteiger partial charge < -0.3 is 39.9 Å². The Bertz CT molecular complexity index is 1790. The van der Waals surface area contributed by atoms with Crippen LogP contribution in [0.5, 0.6) is 5.75 Å². The maximum Gasteiger partial charge on any atom is 0.222 e. The van der Waals surface area contributed by atoms with Crippen LogP contribution in [0.25, 0.3) is 11.1 Å². The van der Waals surface area contributed by atoms with E-state index in [1.54, 1.807) is 6.20 Å². The van der Waals surface area contributed by atoms with Gasteiger partial charge >= 0.3 is 0 Å². The minimum absolute atomic E-state index is 0.0194. The van der Waals surface area contributed by atoms with Crippen molar-refractivity contribution >= 4 is 39.3 Å². The number of hydrogen-bond donors (Lipinski definition) is 6. The highest BCUT2D eigenvalue weighted by Crippen LogP contribution is 2.53. The predicted molar refractivity (Wildman–Crippen MR) is 201 cm³/mol. The Morgan fingerprint density at radius 1 is 1.08 bits per heavy atom. The number of sulfonamides is 1. The van der Waals surface area contributed by atoms with E-state index >= 15 is 0 Å². The molecule has 2 aliphatic carbocycles. The first kappa shape index (κ1) is 41.3. The van der Waals surface area contributed by atoms with Crippen molar-refractivity contribution in [3.8, 4) is 16.9 Å². The molecule has 6 N–H and O–H groups in total. The molecule has 53 heavy (non-hydrogen) atoms. The minimum Gasteiger partial charge on any atom is -0.490 e. The maximum atomic E-state index is 13.2. The SMILES string of the molecule is CNS(=O)(=O)CCN(C[C@H](O)[C@@H](O)[C@H](O)[C@H](O)CO)C(=O)CCCSc1ccc(Cl)c(COC2(c3cnccc3-c3ccccc3OC3CC3)CC2)c1. The molecule has 3 aromatic rings. The number of aliphatic hydroxyl groups excluding tert-OH is 5. The van der Waals surface area contributed by atoms with Crippen molar-refractivity contribution in [2.45, 2.75) is 86.1 Å². The number of aliphatic hydroxyl groups is 5. The van der Waals surface area contributed by atoms with E-state index < -0.39 is 64.9 Å². The zero-order valence-electron chi connectivity index (χ0n) is 29.5. The van der Waals surface area contributed by atoms with E-state index in [9.17, 15) is 33.6 Å². The van der Waals surface area contributed by atoms with Crippen molar-refractivity contribution in [2.24, 2.45) is 0 Å². The second kappa shape index (κ2) is 18.7. The van der Waals surface area contributed by atoms with E-state index in [0.29, 0.717) is 17.2 Å². The van der Waals surface area contributed by atoms with Crippen LogP contribution in [0.3, 0.4) is 0 Å². The van der Waals surface area contributed by atoms with E-state index in [-0.39, 0.29) is 25.7 Å². The number of rotatable bonds is 22. The molecule has 1 amide bonds. The number of ether oxygens (including phenoxy) is 2. The number of para-hydroxylation sites is 1. The first-order valence-electron chi connectivity index (χ1n) is 17.6. The van der Waals surface area contributed by atoms with Crippen molar-refractivity contribution in [1.29, 1.82) is 0 Å². The first-order chi connectivity index (χ1) is 25.4. The highest BCUT2D eigenvalue weighted by atomic mass is 35.5. The van der Waals surface area contributed by atoms with E-state index in [1.165, 1.54) is 18.8 Å². The molecule has 2 fully saturated rings. The summed E-state index contributed by atoms with van der Waals surface area (Å²) in [7, 11) is -2.45. The van der Waals surface area contributed by atoms with Gasteiger partial charge in [-0.05, 0) is 86.4 Å². The fraction of sp³-hybridized carbons (Fsp3) is 0.514. The Hall–Kier alpha value is -2.83. The molecule has 1 aromatic heterocycles. The summed E-state index contributed by atoms with van der Waals surface area (Å²) in [5, 5.41) is 50.0. The summed E-state index contributed by atoms with van der Waals surface area (Å²) in [6, 6.07) is 15.7. The van der Waals surface area contributed by atoms with Crippen molar-refractivity contribution in [3.63, 3.8) is 0 Å². The van der Waals surface area contributed by atoms with Gasteiger partial charge in [-0.1, -0.05) is 29.8 Å². The number of nitrogens with zero attached hydrogens (tertiary/aromatic N) is 2. The molecule has 0 saturated heterocycles. The smallest absolute Gasteiger partial charge is 0.222 e. The number of halogens is 1. The van der Waals surface area contributed by atoms with Gasteiger partial charge in [-0.15, -0.1) is 11.8 Å². The Labute approximate surface area is 319 Å². The van der Waals surface area contributed by atoms with Crippen LogP contribution in [-0.4, -0.2) is 119 Å². The van der Waals surface area contributed by atoms with Crippen LogP contribution in [0.4, 0.5) is 0 Å². The summed E-state index contributed by atoms with van der Waals surface area (Å²) in [5.74, 6) is 0.481. The fourth-order valence-electron chi connectivity index (χ4n) is 5.84. The third-order valence-electron chi connectivity index (χ3n) is 9.36. The molecule has 13 nitrogen and oxygen atoms in total. The van der Waals surface area contributed by atoms with Crippen LogP contribution < -0.4 is 9.46 Å². The molecule has 2 aromatic carbocycles. The summed E-state index contributed by atoms with van der Waals surface area (Å²) in [6.07, 6.45) is 0.971. The van der Waals surface area contributed by atoms with Gasteiger partial charge in [0.2, 0.25) is 15.9 Å². The molecule has 2 saturated carbocycles. The van der Waals surface area contributed by atoms with E-state index in [4.69, 9.17) is 26.2 Å². The molecular formula is C37H48ClN3O10S2. The van der Waals surface area contributed by atoms with Gasteiger partial charge in [0.15, 0.2) is 0 Å². The summed E-state index contributed by atoms with van der Waals surface area (Å²) in [6.45, 7) is -1.35. The van der Waals surface area contributed by atoms with E-state index in [2.05, 4.69) is 15.8 Å². The highest BCUT2D eigenvalue weighted by Gasteiger charge is 2.48. The van der Waals surface area contributed by atoms with Crippen molar-refractivity contribution in [1.82, 2.24) is 14.6 Å². The Kier molecular flexibility index (Phi) is 14.6. The molecule has 0 spiro atoms. The second-order valence-corrected chi connectivity index (χ2v) is 17.0. The standard InChI is InChI=1S/C37H48ClN3O10S2/c1-39-53(48,49)18-16-41(21-31(43)35(46)36(47)32(44)22-42)34(45)7-4-17-52-26-10-11-30(38)24(19-26)23-50-37(13-14-37)29-20-40-15-12-27(29)28-5-2-3-6-33(28)51-25-8-9-25/h2-3,5-6,10-12,15,19-20,25,31-32,35-36,39,42-44,46-47H,4,7-9,13-14,16-18,21-23H2,1H3/t31-,32+,35+,36+/m0/s1. The van der Waals surface area contributed by atoms with Crippen LogP contribution in [-0.2, 0) is 31.8 Å². The molecular weight excluding hydrogens is 746 g/mol. The molecule has 0 aliphatic heterocycles. The molecule has 5 rings (SSSR count). The molecule has 2 aliphatic rings. The van der Waals surface area contributed by atoms with Gasteiger partial charge in [0.1, 0.15) is 30.2 Å². The largest absolute Gasteiger partial charge is 0.490 e. The Morgan fingerprint density at radius 3 is 2.51 bits per heavy atom. The van der Waals surface area contributed by atoms with Crippen LogP contribution in [0.15, 0.2) is 65.8 Å². The predicted octanol–water partition coefficient (Wildman–Crippen LogP) is 2.84. The number of carbonyl (C=O) groups excluding carboxylic acids is 1. The van der Waals surface area contributed by atoms with Crippen molar-refractivity contribution in [2.75, 3.05) is 38.2 Å². The summed E-state index contributed by atoms with van der Waals surface area (Å²) < 4.78 is 39.1. The second-order valence-electron chi connectivity index (χ2n) is 13.4. The molecule has 290 valence electrons. The minimum atomic E-state index is -3.70. The van der Waals surface area contributed by atoms with Gasteiger partial charge in [-0.25, -0.2) is 13.1 Å². The third kappa shape index (κ3) is 11.4. The fourth-order valence-corrected chi connectivity index (χ4v) is 7.59. The summed E-state index contributed by atoms with van der Waals surface area (Å²) in [5.41, 5.74) is 3.38. The monoisotopic (exact) mass is 793 g/mol. The first-order valence-corrected chi connectivity index (χ1v) is 20.7. The zero-order valence-corrected chi connectivity index (χ0v) is 31.9. The van der Waals surface area contributed by atoms with Crippen LogP contribution in [0, 0.1) is 0 Å². The lowest BCUT2D eigenvalue weighted by Gasteiger charge is -2.30. The summed E-state index contributed by atoms with van der Waals surface area (Å²) >= 11 is 8.13. The van der Waals surface area contributed by atoms with Gasteiger partial charge in [-0.3, -0.25) is 9.78 Å². The lowest BCUT2D eigenvalue weighted by Crippen LogP contribution is -2.51. The number of amides is 1. The van der Waals surface area contributed by atoms with Gasteiger partial charge in [-0.2, -0.15) is 0 Å². The van der Waals surface area contributed by atoms with Crippen molar-refractivity contribution < 1.29 is 48.2 Å². The van der Waals surface area contributed by atoms with Gasteiger partial charge in [0, 0.05) is 52.9 Å². The lowest BCUT2D eigenvalue weighted by atomic mass is 9.96. The lowest BCUT2D eigenvalue weighted by molar-refractivity contribution is -0.139. The van der Waals surface area contributed by atoms with Gasteiger partial charge in [0.25, 0.3) is 0 Å². The van der Waals surface area contributed by atoms with Crippen LogP contribution >= 0.6 is 23.4 Å². The molecule has 16 heteroatoms. The number of benzene rings is 2. The number of aromatic nitrogens is 1. The summed E-state index contributed by atoms with van der Waals surface area (Å²) in [4.78, 5) is 19.6. The Balaban J connectivity index is 1.17. The van der Waals surface area contributed by atoms with Crippen LogP contribution in [0.1, 0.15) is 49.7 Å². The van der Waals surface area contributed by atoms with Crippen LogP contribution in [0.2, 0.25) is 5.02 Å². The molecule has 0 bridgehead atoms. The number of thioether (sulfide) groups is 1. The number of hydrogen-bond acceptors (Lipinski definition) is 12. The van der Waals surface area contributed by atoms with E-state index in [0.717, 1.165) is 63.5 Å². The highest BCUT2D eigenvalue weighted by molar-refractivity contribution is 7.99. The average Bonchev–Trinajstić information content (AvgIpc) is 4.12. The molecule has 1 heterocycles.